The van der Waals surface area contributed by atoms with Gasteiger partial charge in [-0.15, -0.1) is 11.6 Å². The number of H-pyrrole nitrogens is 1. The molecule has 0 spiro atoms. The maximum atomic E-state index is 5.84. The van der Waals surface area contributed by atoms with Gasteiger partial charge in [-0.25, -0.2) is 15.0 Å². The lowest BCUT2D eigenvalue weighted by molar-refractivity contribution is 0.638. The number of aromatic amines is 1. The molecule has 0 aliphatic carbocycles. The molecule has 2 heterocycles. The number of imidazole rings is 1. The molecule has 80 valence electrons. The fraction of sp³-hybridized carbons (Fsp3) is 0.444. The SMILES string of the molecule is CC(C)(CCl)Nc1ncnc2nc[nH]c12. The van der Waals surface area contributed by atoms with Crippen LogP contribution in [0.5, 0.6) is 0 Å². The van der Waals surface area contributed by atoms with Crippen LogP contribution in [-0.2, 0) is 0 Å². The number of fused-ring (bicyclic) bond motifs is 1. The van der Waals surface area contributed by atoms with Gasteiger partial charge in [-0.2, -0.15) is 0 Å². The predicted octanol–water partition coefficient (Wildman–Crippen LogP) is 1.78. The van der Waals surface area contributed by atoms with E-state index in [-0.39, 0.29) is 5.54 Å². The molecule has 0 saturated heterocycles. The van der Waals surface area contributed by atoms with Crippen molar-refractivity contribution in [3.63, 3.8) is 0 Å². The molecule has 0 amide bonds. The van der Waals surface area contributed by atoms with Gasteiger partial charge in [0.05, 0.1) is 6.33 Å². The van der Waals surface area contributed by atoms with Gasteiger partial charge in [-0.1, -0.05) is 0 Å². The molecule has 0 aliphatic rings. The summed E-state index contributed by atoms with van der Waals surface area (Å²) in [6, 6.07) is 0. The number of aromatic nitrogens is 4. The molecule has 2 N–H and O–H groups in total. The Kier molecular flexibility index (Phi) is 2.48. The zero-order valence-corrected chi connectivity index (χ0v) is 9.34. The third-order valence-corrected chi connectivity index (χ3v) is 2.68. The highest BCUT2D eigenvalue weighted by atomic mass is 35.5. The van der Waals surface area contributed by atoms with E-state index in [9.17, 15) is 0 Å². The number of rotatable bonds is 3. The summed E-state index contributed by atoms with van der Waals surface area (Å²) >= 11 is 5.84. The smallest absolute Gasteiger partial charge is 0.182 e. The normalized spacial score (nSPS) is 11.9. The van der Waals surface area contributed by atoms with Crippen LogP contribution in [0.1, 0.15) is 13.8 Å². The van der Waals surface area contributed by atoms with Gasteiger partial charge in [0.15, 0.2) is 11.5 Å². The lowest BCUT2D eigenvalue weighted by Gasteiger charge is -2.23. The molecule has 2 rings (SSSR count). The lowest BCUT2D eigenvalue weighted by atomic mass is 10.1. The van der Waals surface area contributed by atoms with Crippen LogP contribution in [0.4, 0.5) is 5.82 Å². The minimum atomic E-state index is -0.214. The number of hydrogen-bond acceptors (Lipinski definition) is 4. The topological polar surface area (TPSA) is 66.5 Å². The van der Waals surface area contributed by atoms with Gasteiger partial charge in [0.1, 0.15) is 11.8 Å². The molecule has 2 aromatic rings. The highest BCUT2D eigenvalue weighted by molar-refractivity contribution is 6.18. The molecule has 0 aromatic carbocycles. The van der Waals surface area contributed by atoms with E-state index in [0.29, 0.717) is 11.5 Å². The number of nitrogens with zero attached hydrogens (tertiary/aromatic N) is 3. The lowest BCUT2D eigenvalue weighted by Crippen LogP contribution is -2.33. The Morgan fingerprint density at radius 3 is 2.93 bits per heavy atom. The van der Waals surface area contributed by atoms with Crippen molar-refractivity contribution in [1.82, 2.24) is 19.9 Å². The second-order valence-corrected chi connectivity index (χ2v) is 4.23. The Balaban J connectivity index is 2.39. The zero-order valence-electron chi connectivity index (χ0n) is 8.58. The van der Waals surface area contributed by atoms with Crippen LogP contribution in [0.25, 0.3) is 11.2 Å². The standard InChI is InChI=1S/C9H12ClN5/c1-9(2,3-10)15-8-6-7(12-4-11-6)13-5-14-8/h4-5H,3H2,1-2H3,(H2,11,12,13,14,15). The van der Waals surface area contributed by atoms with Crippen LogP contribution in [-0.4, -0.2) is 31.4 Å². The first-order chi connectivity index (χ1) is 7.12. The number of nitrogens with one attached hydrogen (secondary N) is 2. The molecule has 0 radical (unpaired) electrons. The van der Waals surface area contributed by atoms with Crippen LogP contribution in [0.3, 0.4) is 0 Å². The Labute approximate surface area is 92.3 Å². The molecule has 5 nitrogen and oxygen atoms in total. The molecule has 0 unspecified atom stereocenters. The first-order valence-electron chi connectivity index (χ1n) is 4.60. The zero-order chi connectivity index (χ0) is 10.9. The summed E-state index contributed by atoms with van der Waals surface area (Å²) in [6.07, 6.45) is 3.08. The fourth-order valence-corrected chi connectivity index (χ4v) is 1.28. The van der Waals surface area contributed by atoms with Gasteiger partial charge in [0.2, 0.25) is 0 Å². The maximum Gasteiger partial charge on any atom is 0.182 e. The number of alkyl halides is 1. The average Bonchev–Trinajstić information content (AvgIpc) is 2.66. The minimum absolute atomic E-state index is 0.214. The van der Waals surface area contributed by atoms with Crippen molar-refractivity contribution in [3.8, 4) is 0 Å². The Morgan fingerprint density at radius 1 is 1.40 bits per heavy atom. The van der Waals surface area contributed by atoms with E-state index in [1.54, 1.807) is 6.33 Å². The third-order valence-electron chi connectivity index (χ3n) is 2.01. The van der Waals surface area contributed by atoms with Crippen LogP contribution < -0.4 is 5.32 Å². The van der Waals surface area contributed by atoms with Crippen molar-refractivity contribution < 1.29 is 0 Å². The third kappa shape index (κ3) is 2.02. The summed E-state index contributed by atoms with van der Waals surface area (Å²) in [5.41, 5.74) is 1.24. The van der Waals surface area contributed by atoms with Gasteiger partial charge < -0.3 is 10.3 Å². The second-order valence-electron chi connectivity index (χ2n) is 3.97. The molecular formula is C9H12ClN5. The summed E-state index contributed by atoms with van der Waals surface area (Å²) in [5, 5.41) is 3.24. The van der Waals surface area contributed by atoms with Gasteiger partial charge >= 0.3 is 0 Å². The molecule has 2 aromatic heterocycles. The molecule has 0 saturated carbocycles. The molecule has 0 aliphatic heterocycles. The largest absolute Gasteiger partial charge is 0.362 e. The fourth-order valence-electron chi connectivity index (χ4n) is 1.21. The molecular weight excluding hydrogens is 214 g/mol. The van der Waals surface area contributed by atoms with Crippen molar-refractivity contribution in [2.24, 2.45) is 0 Å². The van der Waals surface area contributed by atoms with Crippen LogP contribution >= 0.6 is 11.6 Å². The first-order valence-corrected chi connectivity index (χ1v) is 5.14. The summed E-state index contributed by atoms with van der Waals surface area (Å²) in [6.45, 7) is 4.01. The summed E-state index contributed by atoms with van der Waals surface area (Å²) in [7, 11) is 0. The molecule has 6 heteroatoms. The molecule has 0 fully saturated rings. The first kappa shape index (κ1) is 10.2. The van der Waals surface area contributed by atoms with E-state index in [0.717, 1.165) is 11.3 Å². The molecule has 15 heavy (non-hydrogen) atoms. The van der Waals surface area contributed by atoms with Gasteiger partial charge in [-0.05, 0) is 13.8 Å². The summed E-state index contributed by atoms with van der Waals surface area (Å²) < 4.78 is 0. The predicted molar refractivity (Wildman–Crippen MR) is 60.1 cm³/mol. The van der Waals surface area contributed by atoms with Crippen molar-refractivity contribution >= 4 is 28.6 Å². The van der Waals surface area contributed by atoms with E-state index in [2.05, 4.69) is 25.3 Å². The Bertz CT molecular complexity index is 464. The number of halogens is 1. The monoisotopic (exact) mass is 225 g/mol. The van der Waals surface area contributed by atoms with Crippen molar-refractivity contribution in [1.29, 1.82) is 0 Å². The van der Waals surface area contributed by atoms with Crippen molar-refractivity contribution in [3.05, 3.63) is 12.7 Å². The summed E-state index contributed by atoms with van der Waals surface area (Å²) in [4.78, 5) is 15.2. The minimum Gasteiger partial charge on any atom is -0.362 e. The van der Waals surface area contributed by atoms with E-state index in [1.807, 2.05) is 13.8 Å². The maximum absolute atomic E-state index is 5.84. The van der Waals surface area contributed by atoms with Crippen molar-refractivity contribution in [2.45, 2.75) is 19.4 Å². The van der Waals surface area contributed by atoms with E-state index in [1.165, 1.54) is 6.33 Å². The van der Waals surface area contributed by atoms with E-state index < -0.39 is 0 Å². The van der Waals surface area contributed by atoms with Crippen LogP contribution in [0.2, 0.25) is 0 Å². The van der Waals surface area contributed by atoms with Gasteiger partial charge in [0, 0.05) is 11.4 Å². The highest BCUT2D eigenvalue weighted by Gasteiger charge is 2.18. The van der Waals surface area contributed by atoms with Crippen LogP contribution in [0, 0.1) is 0 Å². The quantitative estimate of drug-likeness (QED) is 0.782. The van der Waals surface area contributed by atoms with E-state index in [4.69, 9.17) is 11.6 Å². The highest BCUT2D eigenvalue weighted by Crippen LogP contribution is 2.19. The molecule has 0 bridgehead atoms. The van der Waals surface area contributed by atoms with Gasteiger partial charge in [-0.3, -0.25) is 0 Å². The Morgan fingerprint density at radius 2 is 2.20 bits per heavy atom. The van der Waals surface area contributed by atoms with E-state index >= 15 is 0 Å². The second kappa shape index (κ2) is 3.66. The number of anilines is 1. The average molecular weight is 226 g/mol. The van der Waals surface area contributed by atoms with Crippen LogP contribution in [0.15, 0.2) is 12.7 Å². The van der Waals surface area contributed by atoms with Gasteiger partial charge in [0.25, 0.3) is 0 Å². The van der Waals surface area contributed by atoms with Crippen molar-refractivity contribution in [2.75, 3.05) is 11.2 Å². The molecule has 0 atom stereocenters. The Hall–Kier alpha value is -1.36. The summed E-state index contributed by atoms with van der Waals surface area (Å²) in [5.74, 6) is 1.22. The number of hydrogen-bond donors (Lipinski definition) is 2.